The summed E-state index contributed by atoms with van der Waals surface area (Å²) in [6.45, 7) is 6.38. The van der Waals surface area contributed by atoms with Crippen molar-refractivity contribution in [3.8, 4) is 0 Å². The van der Waals surface area contributed by atoms with Crippen molar-refractivity contribution >= 4 is 22.8 Å². The highest BCUT2D eigenvalue weighted by Gasteiger charge is 2.36. The first-order chi connectivity index (χ1) is 13.4. The molecule has 1 aromatic carbocycles. The third-order valence-electron chi connectivity index (χ3n) is 5.74. The van der Waals surface area contributed by atoms with Gasteiger partial charge in [-0.15, -0.1) is 0 Å². The van der Waals surface area contributed by atoms with Gasteiger partial charge in [0.25, 0.3) is 5.91 Å². The van der Waals surface area contributed by atoms with Gasteiger partial charge in [-0.05, 0) is 50.5 Å². The highest BCUT2D eigenvalue weighted by atomic mass is 16.5. The summed E-state index contributed by atoms with van der Waals surface area (Å²) in [7, 11) is 1.68. The van der Waals surface area contributed by atoms with Crippen LogP contribution in [0.1, 0.15) is 40.9 Å². The standard InChI is InChI=1S/C21H28N2O5/c1-14-15(2)23(8-11-27-3)18-5-4-16(12-17(14)18)20(26)22-21(13-19(24)25)6-9-28-10-7-21/h4-5,12H,6-11,13H2,1-3H3,(H,22,26)(H,24,25). The van der Waals surface area contributed by atoms with Crippen molar-refractivity contribution in [3.63, 3.8) is 0 Å². The molecule has 28 heavy (non-hydrogen) atoms. The van der Waals surface area contributed by atoms with Crippen LogP contribution >= 0.6 is 0 Å². The smallest absolute Gasteiger partial charge is 0.305 e. The zero-order valence-corrected chi connectivity index (χ0v) is 16.7. The molecule has 0 unspecified atom stereocenters. The normalized spacial score (nSPS) is 16.2. The number of rotatable bonds is 7. The van der Waals surface area contributed by atoms with E-state index < -0.39 is 11.5 Å². The van der Waals surface area contributed by atoms with E-state index in [1.807, 2.05) is 19.1 Å². The predicted molar refractivity (Wildman–Crippen MR) is 106 cm³/mol. The number of aliphatic carboxylic acids is 1. The molecule has 0 bridgehead atoms. The molecule has 1 fully saturated rings. The first kappa shape index (κ1) is 20.4. The molecule has 1 aromatic heterocycles. The number of methoxy groups -OCH3 is 1. The van der Waals surface area contributed by atoms with E-state index in [0.29, 0.717) is 38.2 Å². The Bertz CT molecular complexity index is 881. The summed E-state index contributed by atoms with van der Waals surface area (Å²) in [6.07, 6.45) is 0.896. The Hall–Kier alpha value is -2.38. The number of ether oxygens (including phenoxy) is 2. The maximum Gasteiger partial charge on any atom is 0.305 e. The summed E-state index contributed by atoms with van der Waals surface area (Å²) in [5, 5.41) is 13.3. The number of carbonyl (C=O) groups is 2. The molecule has 2 heterocycles. The van der Waals surface area contributed by atoms with E-state index in [0.717, 1.165) is 28.7 Å². The number of carboxylic acids is 1. The fraction of sp³-hybridized carbons (Fsp3) is 0.524. The second-order valence-electron chi connectivity index (χ2n) is 7.50. The summed E-state index contributed by atoms with van der Waals surface area (Å²) in [5.74, 6) is -1.16. The Morgan fingerprint density at radius 2 is 2.00 bits per heavy atom. The number of carboxylic acid groups (broad SMARTS) is 1. The van der Waals surface area contributed by atoms with Gasteiger partial charge in [0.05, 0.1) is 18.6 Å². The van der Waals surface area contributed by atoms with E-state index in [2.05, 4.69) is 16.8 Å². The van der Waals surface area contributed by atoms with Crippen LogP contribution in [0.25, 0.3) is 10.9 Å². The summed E-state index contributed by atoms with van der Waals surface area (Å²) < 4.78 is 12.8. The molecule has 1 aliphatic heterocycles. The van der Waals surface area contributed by atoms with E-state index in [-0.39, 0.29) is 12.3 Å². The molecular weight excluding hydrogens is 360 g/mol. The molecule has 0 atom stereocenters. The van der Waals surface area contributed by atoms with Gasteiger partial charge in [0.2, 0.25) is 0 Å². The zero-order chi connectivity index (χ0) is 20.3. The third kappa shape index (κ3) is 4.05. The van der Waals surface area contributed by atoms with Gasteiger partial charge in [0.15, 0.2) is 0 Å². The monoisotopic (exact) mass is 388 g/mol. The Labute approximate surface area is 164 Å². The van der Waals surface area contributed by atoms with Gasteiger partial charge in [-0.3, -0.25) is 9.59 Å². The van der Waals surface area contributed by atoms with Crippen LogP contribution in [-0.2, 0) is 20.8 Å². The average molecular weight is 388 g/mol. The maximum atomic E-state index is 12.9. The van der Waals surface area contributed by atoms with Crippen LogP contribution in [0.5, 0.6) is 0 Å². The number of nitrogens with one attached hydrogen (secondary N) is 1. The Kier molecular flexibility index (Phi) is 6.05. The second-order valence-corrected chi connectivity index (χ2v) is 7.50. The molecule has 1 amide bonds. The molecule has 1 saturated heterocycles. The molecule has 7 nitrogen and oxygen atoms in total. The average Bonchev–Trinajstić information content (AvgIpc) is 2.90. The fourth-order valence-corrected chi connectivity index (χ4v) is 3.97. The van der Waals surface area contributed by atoms with Gasteiger partial charge in [0, 0.05) is 49.0 Å². The van der Waals surface area contributed by atoms with Gasteiger partial charge in [-0.1, -0.05) is 0 Å². The van der Waals surface area contributed by atoms with Crippen molar-refractivity contribution < 1.29 is 24.2 Å². The Morgan fingerprint density at radius 1 is 1.29 bits per heavy atom. The third-order valence-corrected chi connectivity index (χ3v) is 5.74. The van der Waals surface area contributed by atoms with Crippen LogP contribution < -0.4 is 5.32 Å². The molecule has 0 aliphatic carbocycles. The van der Waals surface area contributed by atoms with Crippen LogP contribution in [-0.4, -0.2) is 54.0 Å². The number of fused-ring (bicyclic) bond motifs is 1. The van der Waals surface area contributed by atoms with E-state index in [9.17, 15) is 14.7 Å². The molecular formula is C21H28N2O5. The van der Waals surface area contributed by atoms with Gasteiger partial charge in [-0.2, -0.15) is 0 Å². The Morgan fingerprint density at radius 3 is 2.64 bits per heavy atom. The largest absolute Gasteiger partial charge is 0.481 e. The van der Waals surface area contributed by atoms with Crippen molar-refractivity contribution in [2.75, 3.05) is 26.9 Å². The molecule has 2 aromatic rings. The number of carbonyl (C=O) groups excluding carboxylic acids is 1. The van der Waals surface area contributed by atoms with Gasteiger partial charge < -0.3 is 24.5 Å². The summed E-state index contributed by atoms with van der Waals surface area (Å²) in [6, 6.07) is 5.64. The fourth-order valence-electron chi connectivity index (χ4n) is 3.97. The summed E-state index contributed by atoms with van der Waals surface area (Å²) >= 11 is 0. The highest BCUT2D eigenvalue weighted by molar-refractivity contribution is 5.99. The molecule has 152 valence electrons. The van der Waals surface area contributed by atoms with E-state index >= 15 is 0 Å². The lowest BCUT2D eigenvalue weighted by Crippen LogP contribution is -2.53. The van der Waals surface area contributed by atoms with Gasteiger partial charge in [0.1, 0.15) is 0 Å². The zero-order valence-electron chi connectivity index (χ0n) is 16.7. The van der Waals surface area contributed by atoms with E-state index in [4.69, 9.17) is 9.47 Å². The topological polar surface area (TPSA) is 89.8 Å². The maximum absolute atomic E-state index is 12.9. The molecule has 0 spiro atoms. The first-order valence-electron chi connectivity index (χ1n) is 9.57. The quantitative estimate of drug-likeness (QED) is 0.761. The molecule has 7 heteroatoms. The lowest BCUT2D eigenvalue weighted by molar-refractivity contribution is -0.139. The second kappa shape index (κ2) is 8.32. The molecule has 0 saturated carbocycles. The molecule has 2 N–H and O–H groups in total. The number of hydrogen-bond acceptors (Lipinski definition) is 4. The Balaban J connectivity index is 1.89. The molecule has 0 radical (unpaired) electrons. The lowest BCUT2D eigenvalue weighted by Gasteiger charge is -2.36. The van der Waals surface area contributed by atoms with Crippen LogP contribution in [0.2, 0.25) is 0 Å². The summed E-state index contributed by atoms with van der Waals surface area (Å²) in [4.78, 5) is 24.3. The number of benzene rings is 1. The van der Waals surface area contributed by atoms with Crippen LogP contribution in [0.4, 0.5) is 0 Å². The van der Waals surface area contributed by atoms with Crippen molar-refractivity contribution in [1.82, 2.24) is 9.88 Å². The number of aromatic nitrogens is 1. The predicted octanol–water partition coefficient (Wildman–Crippen LogP) is 2.66. The SMILES string of the molecule is COCCn1c(C)c(C)c2cc(C(=O)NC3(CC(=O)O)CCOCC3)ccc21. The molecule has 3 rings (SSSR count). The van der Waals surface area contributed by atoms with Crippen molar-refractivity contribution in [2.24, 2.45) is 0 Å². The minimum absolute atomic E-state index is 0.101. The number of nitrogens with zero attached hydrogens (tertiary/aromatic N) is 1. The van der Waals surface area contributed by atoms with E-state index in [1.54, 1.807) is 13.2 Å². The minimum atomic E-state index is -0.917. The summed E-state index contributed by atoms with van der Waals surface area (Å²) in [5.41, 5.74) is 3.12. The minimum Gasteiger partial charge on any atom is -0.481 e. The van der Waals surface area contributed by atoms with Crippen LogP contribution in [0.15, 0.2) is 18.2 Å². The lowest BCUT2D eigenvalue weighted by atomic mass is 9.86. The highest BCUT2D eigenvalue weighted by Crippen LogP contribution is 2.28. The van der Waals surface area contributed by atoms with Gasteiger partial charge in [-0.25, -0.2) is 0 Å². The molecule has 1 aliphatic rings. The first-order valence-corrected chi connectivity index (χ1v) is 9.57. The van der Waals surface area contributed by atoms with Crippen molar-refractivity contribution in [3.05, 3.63) is 35.0 Å². The van der Waals surface area contributed by atoms with Crippen molar-refractivity contribution in [1.29, 1.82) is 0 Å². The van der Waals surface area contributed by atoms with Crippen LogP contribution in [0, 0.1) is 13.8 Å². The van der Waals surface area contributed by atoms with Gasteiger partial charge >= 0.3 is 5.97 Å². The van der Waals surface area contributed by atoms with Crippen LogP contribution in [0.3, 0.4) is 0 Å². The van der Waals surface area contributed by atoms with E-state index in [1.165, 1.54) is 0 Å². The number of amides is 1. The number of aryl methyl sites for hydroxylation is 1. The number of hydrogen-bond donors (Lipinski definition) is 2. The van der Waals surface area contributed by atoms with Crippen molar-refractivity contribution in [2.45, 2.75) is 45.2 Å².